The summed E-state index contributed by atoms with van der Waals surface area (Å²) in [5.41, 5.74) is -0.262. The van der Waals surface area contributed by atoms with Crippen molar-refractivity contribution in [1.82, 2.24) is 15.1 Å². The van der Waals surface area contributed by atoms with E-state index in [1.807, 2.05) is 25.7 Å². The molecule has 1 fully saturated rings. The normalized spacial score (nSPS) is 18.4. The maximum atomic E-state index is 11.8. The van der Waals surface area contributed by atoms with Gasteiger partial charge >= 0.3 is 6.09 Å². The number of halogens is 1. The predicted molar refractivity (Wildman–Crippen MR) is 84.5 cm³/mol. The van der Waals surface area contributed by atoms with Crippen LogP contribution in [-0.4, -0.2) is 40.6 Å². The quantitative estimate of drug-likeness (QED) is 0.891. The number of anilines is 1. The molecule has 0 saturated carbocycles. The van der Waals surface area contributed by atoms with E-state index in [4.69, 9.17) is 16.3 Å². The number of carbonyl (C=O) groups is 1. The molecule has 0 bridgehead atoms. The van der Waals surface area contributed by atoms with E-state index in [2.05, 4.69) is 10.4 Å². The number of hydrogen-bond donors (Lipinski definition) is 1. The second-order valence-corrected chi connectivity index (χ2v) is 6.73. The smallest absolute Gasteiger partial charge is 0.407 e. The zero-order chi connectivity index (χ0) is 16.5. The van der Waals surface area contributed by atoms with Crippen molar-refractivity contribution in [2.45, 2.75) is 38.8 Å². The number of nitrogens with zero attached hydrogens (tertiary/aromatic N) is 3. The maximum Gasteiger partial charge on any atom is 0.407 e. The Labute approximate surface area is 134 Å². The van der Waals surface area contributed by atoms with Crippen molar-refractivity contribution in [1.29, 1.82) is 0 Å². The summed E-state index contributed by atoms with van der Waals surface area (Å²) in [5.74, 6) is 0. The first-order valence-corrected chi connectivity index (χ1v) is 7.51. The molecule has 1 amide bonds. The molecule has 1 aliphatic heterocycles. The van der Waals surface area contributed by atoms with Crippen LogP contribution < -0.4 is 15.8 Å². The Kier molecular flexibility index (Phi) is 4.65. The average Bonchev–Trinajstić information content (AvgIpc) is 2.82. The molecule has 0 radical (unpaired) electrons. The van der Waals surface area contributed by atoms with Crippen molar-refractivity contribution in [3.05, 3.63) is 21.6 Å². The Balaban J connectivity index is 2.00. The van der Waals surface area contributed by atoms with Crippen molar-refractivity contribution < 1.29 is 9.53 Å². The summed E-state index contributed by atoms with van der Waals surface area (Å²) in [6, 6.07) is -0.0463. The molecule has 122 valence electrons. The molecule has 2 heterocycles. The molecule has 1 aliphatic rings. The van der Waals surface area contributed by atoms with Crippen LogP contribution in [-0.2, 0) is 11.8 Å². The van der Waals surface area contributed by atoms with Gasteiger partial charge in [0.2, 0.25) is 0 Å². The minimum absolute atomic E-state index is 0.0463. The van der Waals surface area contributed by atoms with Gasteiger partial charge in [0.25, 0.3) is 5.56 Å². The topological polar surface area (TPSA) is 76.5 Å². The minimum atomic E-state index is -0.527. The van der Waals surface area contributed by atoms with Gasteiger partial charge in [0, 0.05) is 20.1 Å². The maximum absolute atomic E-state index is 11.8. The van der Waals surface area contributed by atoms with Gasteiger partial charge in [0.05, 0.1) is 17.9 Å². The lowest BCUT2D eigenvalue weighted by Gasteiger charge is -2.22. The standard InChI is InChI=1S/C14H21ClN4O3/c1-14(2,3)22-13(21)17-9-5-6-19(8-9)10-7-16-18(4)12(20)11(10)15/h7,9H,5-6,8H2,1-4H3,(H,17,21)/t9-/m0/s1. The molecule has 0 aromatic carbocycles. The lowest BCUT2D eigenvalue weighted by Crippen LogP contribution is -2.40. The summed E-state index contributed by atoms with van der Waals surface area (Å²) >= 11 is 6.09. The van der Waals surface area contributed by atoms with Crippen LogP contribution in [0.25, 0.3) is 0 Å². The highest BCUT2D eigenvalue weighted by atomic mass is 35.5. The summed E-state index contributed by atoms with van der Waals surface area (Å²) in [5, 5.41) is 6.96. The molecule has 22 heavy (non-hydrogen) atoms. The number of rotatable bonds is 2. The van der Waals surface area contributed by atoms with Gasteiger partial charge < -0.3 is 15.0 Å². The van der Waals surface area contributed by atoms with Gasteiger partial charge in [0.15, 0.2) is 0 Å². The first kappa shape index (κ1) is 16.6. The van der Waals surface area contributed by atoms with E-state index in [1.165, 1.54) is 4.68 Å². The third-order valence-corrected chi connectivity index (χ3v) is 3.66. The molecule has 8 heteroatoms. The molecule has 1 aromatic heterocycles. The Morgan fingerprint density at radius 3 is 2.82 bits per heavy atom. The van der Waals surface area contributed by atoms with Gasteiger partial charge in [-0.05, 0) is 27.2 Å². The lowest BCUT2D eigenvalue weighted by atomic mass is 10.2. The summed E-state index contributed by atoms with van der Waals surface area (Å²) < 4.78 is 6.43. The minimum Gasteiger partial charge on any atom is -0.444 e. The number of hydrogen-bond acceptors (Lipinski definition) is 5. The number of aromatic nitrogens is 2. The molecule has 0 aliphatic carbocycles. The second kappa shape index (κ2) is 6.16. The lowest BCUT2D eigenvalue weighted by molar-refractivity contribution is 0.0509. The van der Waals surface area contributed by atoms with Crippen LogP contribution >= 0.6 is 11.6 Å². The van der Waals surface area contributed by atoms with E-state index in [1.54, 1.807) is 13.2 Å². The molecule has 2 rings (SSSR count). The number of carbonyl (C=O) groups excluding carboxylic acids is 1. The number of amides is 1. The van der Waals surface area contributed by atoms with Gasteiger partial charge in [-0.1, -0.05) is 11.6 Å². The molecule has 7 nitrogen and oxygen atoms in total. The third-order valence-electron chi connectivity index (χ3n) is 3.31. The Morgan fingerprint density at radius 2 is 2.18 bits per heavy atom. The van der Waals surface area contributed by atoms with Crippen molar-refractivity contribution >= 4 is 23.4 Å². The van der Waals surface area contributed by atoms with Crippen LogP contribution in [0, 0.1) is 0 Å². The Morgan fingerprint density at radius 1 is 1.50 bits per heavy atom. The van der Waals surface area contributed by atoms with E-state index in [9.17, 15) is 9.59 Å². The van der Waals surface area contributed by atoms with Crippen molar-refractivity contribution in [3.63, 3.8) is 0 Å². The highest BCUT2D eigenvalue weighted by Gasteiger charge is 2.28. The van der Waals surface area contributed by atoms with E-state index < -0.39 is 11.7 Å². The molecular weight excluding hydrogens is 308 g/mol. The number of nitrogens with one attached hydrogen (secondary N) is 1. The first-order valence-electron chi connectivity index (χ1n) is 7.13. The van der Waals surface area contributed by atoms with E-state index >= 15 is 0 Å². The fourth-order valence-corrected chi connectivity index (χ4v) is 2.58. The SMILES string of the molecule is Cn1ncc(N2CC[C@H](NC(=O)OC(C)(C)C)C2)c(Cl)c1=O. The van der Waals surface area contributed by atoms with Crippen LogP contribution in [0.4, 0.5) is 10.5 Å². The highest BCUT2D eigenvalue weighted by molar-refractivity contribution is 6.33. The van der Waals surface area contributed by atoms with Crippen LogP contribution in [0.2, 0.25) is 5.02 Å². The van der Waals surface area contributed by atoms with Crippen molar-refractivity contribution in [3.8, 4) is 0 Å². The van der Waals surface area contributed by atoms with Crippen molar-refractivity contribution in [2.75, 3.05) is 18.0 Å². The van der Waals surface area contributed by atoms with Gasteiger partial charge in [0.1, 0.15) is 10.6 Å². The van der Waals surface area contributed by atoms with Crippen LogP contribution in [0.5, 0.6) is 0 Å². The summed E-state index contributed by atoms with van der Waals surface area (Å²) in [6.07, 6.45) is 1.89. The van der Waals surface area contributed by atoms with Crippen LogP contribution in [0.1, 0.15) is 27.2 Å². The largest absolute Gasteiger partial charge is 0.444 e. The van der Waals surface area contributed by atoms with E-state index in [-0.39, 0.29) is 16.6 Å². The molecule has 0 unspecified atom stereocenters. The monoisotopic (exact) mass is 328 g/mol. The molecule has 1 aromatic rings. The average molecular weight is 329 g/mol. The Bertz CT molecular complexity index is 623. The van der Waals surface area contributed by atoms with Crippen molar-refractivity contribution in [2.24, 2.45) is 7.05 Å². The van der Waals surface area contributed by atoms with E-state index in [0.29, 0.717) is 18.8 Å². The molecule has 1 atom stereocenters. The van der Waals surface area contributed by atoms with E-state index in [0.717, 1.165) is 6.42 Å². The van der Waals surface area contributed by atoms with Gasteiger partial charge in [-0.3, -0.25) is 4.79 Å². The predicted octanol–water partition coefficient (Wildman–Crippen LogP) is 1.54. The number of alkyl carbamates (subject to hydrolysis) is 1. The fraction of sp³-hybridized carbons (Fsp3) is 0.643. The Hall–Kier alpha value is -1.76. The summed E-state index contributed by atoms with van der Waals surface area (Å²) in [4.78, 5) is 25.5. The number of ether oxygens (including phenoxy) is 1. The molecule has 0 spiro atoms. The summed E-state index contributed by atoms with van der Waals surface area (Å²) in [7, 11) is 1.55. The zero-order valence-corrected chi connectivity index (χ0v) is 14.0. The molecule has 1 saturated heterocycles. The highest BCUT2D eigenvalue weighted by Crippen LogP contribution is 2.25. The van der Waals surface area contributed by atoms with Gasteiger partial charge in [-0.2, -0.15) is 5.10 Å². The van der Waals surface area contributed by atoms with Gasteiger partial charge in [-0.25, -0.2) is 9.48 Å². The van der Waals surface area contributed by atoms with Crippen LogP contribution in [0.15, 0.2) is 11.0 Å². The first-order chi connectivity index (χ1) is 10.2. The molecule has 1 N–H and O–H groups in total. The number of aryl methyl sites for hydroxylation is 1. The summed E-state index contributed by atoms with van der Waals surface area (Å²) in [6.45, 7) is 6.71. The second-order valence-electron chi connectivity index (χ2n) is 6.35. The zero-order valence-electron chi connectivity index (χ0n) is 13.2. The third kappa shape index (κ3) is 3.91. The molecular formula is C14H21ClN4O3. The van der Waals surface area contributed by atoms with Gasteiger partial charge in [-0.15, -0.1) is 0 Å². The fourth-order valence-electron chi connectivity index (χ4n) is 2.29. The van der Waals surface area contributed by atoms with Crippen LogP contribution in [0.3, 0.4) is 0 Å².